The molecule has 1 aromatic rings. The lowest BCUT2D eigenvalue weighted by Gasteiger charge is -2.21. The van der Waals surface area contributed by atoms with Gasteiger partial charge in [0.05, 0.1) is 5.69 Å². The van der Waals surface area contributed by atoms with Crippen LogP contribution in [-0.4, -0.2) is 11.3 Å². The highest BCUT2D eigenvalue weighted by Gasteiger charge is 2.25. The predicted molar refractivity (Wildman–Crippen MR) is 62.7 cm³/mol. The zero-order chi connectivity index (χ0) is 9.26. The van der Waals surface area contributed by atoms with Crippen molar-refractivity contribution in [2.45, 2.75) is 22.9 Å². The summed E-state index contributed by atoms with van der Waals surface area (Å²) in [6.45, 7) is 3.30. The van der Waals surface area contributed by atoms with Crippen LogP contribution in [0.4, 0.5) is 5.69 Å². The highest BCUT2D eigenvalue weighted by atomic mass is 32.2. The number of anilines is 1. The highest BCUT2D eigenvalue weighted by molar-refractivity contribution is 8.10. The fourth-order valence-corrected chi connectivity index (χ4v) is 3.18. The summed E-state index contributed by atoms with van der Waals surface area (Å²) in [6.07, 6.45) is 1.17. The van der Waals surface area contributed by atoms with E-state index in [4.69, 9.17) is 0 Å². The van der Waals surface area contributed by atoms with Gasteiger partial charge in [-0.2, -0.15) is 0 Å². The fourth-order valence-electron chi connectivity index (χ4n) is 1.56. The average molecular weight is 211 g/mol. The summed E-state index contributed by atoms with van der Waals surface area (Å²) in [7, 11) is 0. The summed E-state index contributed by atoms with van der Waals surface area (Å²) in [4.78, 5) is 3.71. The van der Waals surface area contributed by atoms with Gasteiger partial charge >= 0.3 is 0 Å². The molecule has 0 radical (unpaired) electrons. The Labute approximate surface area is 88.9 Å². The lowest BCUT2D eigenvalue weighted by atomic mass is 10.3. The van der Waals surface area contributed by atoms with Crippen molar-refractivity contribution >= 4 is 30.1 Å². The summed E-state index contributed by atoms with van der Waals surface area (Å²) in [5, 5.41) is 0. The first-order chi connectivity index (χ1) is 6.33. The predicted octanol–water partition coefficient (Wildman–Crippen LogP) is 3.22. The minimum Gasteiger partial charge on any atom is -0.350 e. The standard InChI is InChI=1S/C10H13NS2/c1-2-7-11-8-5-3-4-6-9(8)13-10(11)12/h3-6,10,12H,2,7H2,1H3. The zero-order valence-corrected chi connectivity index (χ0v) is 9.31. The first-order valence-corrected chi connectivity index (χ1v) is 5.93. The largest absolute Gasteiger partial charge is 0.350 e. The Balaban J connectivity index is 2.29. The molecule has 0 saturated carbocycles. The molecular weight excluding hydrogens is 198 g/mol. The molecule has 1 unspecified atom stereocenters. The molecule has 1 heterocycles. The summed E-state index contributed by atoms with van der Waals surface area (Å²) in [5.41, 5.74) is 1.34. The monoisotopic (exact) mass is 211 g/mol. The van der Waals surface area contributed by atoms with Crippen LogP contribution < -0.4 is 4.90 Å². The SMILES string of the molecule is CCCN1c2ccccc2SC1S. The van der Waals surface area contributed by atoms with Gasteiger partial charge in [0, 0.05) is 11.4 Å². The molecule has 13 heavy (non-hydrogen) atoms. The minimum atomic E-state index is 0.303. The van der Waals surface area contributed by atoms with Crippen molar-refractivity contribution in [1.82, 2.24) is 0 Å². The number of para-hydroxylation sites is 1. The Bertz CT molecular complexity index is 301. The summed E-state index contributed by atoms with van der Waals surface area (Å²) >= 11 is 6.38. The smallest absolute Gasteiger partial charge is 0.124 e. The van der Waals surface area contributed by atoms with Gasteiger partial charge in [0.2, 0.25) is 0 Å². The molecule has 1 nitrogen and oxygen atoms in total. The van der Waals surface area contributed by atoms with Crippen molar-refractivity contribution in [1.29, 1.82) is 0 Å². The molecule has 1 atom stereocenters. The molecule has 0 spiro atoms. The number of fused-ring (bicyclic) bond motifs is 1. The van der Waals surface area contributed by atoms with E-state index in [0.29, 0.717) is 4.71 Å². The van der Waals surface area contributed by atoms with E-state index in [-0.39, 0.29) is 0 Å². The molecule has 0 saturated heterocycles. The van der Waals surface area contributed by atoms with Crippen LogP contribution in [0.5, 0.6) is 0 Å². The number of thiol groups is 1. The van der Waals surface area contributed by atoms with Gasteiger partial charge in [-0.15, -0.1) is 12.6 Å². The summed E-state index contributed by atoms with van der Waals surface area (Å²) < 4.78 is 0.303. The van der Waals surface area contributed by atoms with Crippen LogP contribution in [0.1, 0.15) is 13.3 Å². The van der Waals surface area contributed by atoms with Crippen LogP contribution in [-0.2, 0) is 0 Å². The summed E-state index contributed by atoms with van der Waals surface area (Å²) in [6, 6.07) is 8.52. The summed E-state index contributed by atoms with van der Waals surface area (Å²) in [5.74, 6) is 0. The maximum Gasteiger partial charge on any atom is 0.124 e. The van der Waals surface area contributed by atoms with Crippen molar-refractivity contribution < 1.29 is 0 Å². The molecule has 2 rings (SSSR count). The number of nitrogens with zero attached hydrogens (tertiary/aromatic N) is 1. The molecule has 70 valence electrons. The molecule has 0 N–H and O–H groups in total. The van der Waals surface area contributed by atoms with Gasteiger partial charge in [-0.3, -0.25) is 0 Å². The van der Waals surface area contributed by atoms with Crippen molar-refractivity contribution in [2.24, 2.45) is 0 Å². The quantitative estimate of drug-likeness (QED) is 0.748. The van der Waals surface area contributed by atoms with Gasteiger partial charge in [0.15, 0.2) is 0 Å². The van der Waals surface area contributed by atoms with E-state index >= 15 is 0 Å². The molecule has 0 fully saturated rings. The van der Waals surface area contributed by atoms with Crippen LogP contribution in [0.2, 0.25) is 0 Å². The molecule has 1 aliphatic heterocycles. The Morgan fingerprint density at radius 2 is 2.23 bits per heavy atom. The number of benzene rings is 1. The van der Waals surface area contributed by atoms with E-state index in [1.807, 2.05) is 11.8 Å². The van der Waals surface area contributed by atoms with Crippen molar-refractivity contribution in [3.63, 3.8) is 0 Å². The first kappa shape index (κ1) is 9.28. The molecule has 0 bridgehead atoms. The van der Waals surface area contributed by atoms with Crippen LogP contribution in [0.15, 0.2) is 29.2 Å². The number of rotatable bonds is 2. The second-order valence-electron chi connectivity index (χ2n) is 3.11. The highest BCUT2D eigenvalue weighted by Crippen LogP contribution is 2.44. The minimum absolute atomic E-state index is 0.303. The maximum absolute atomic E-state index is 4.56. The van der Waals surface area contributed by atoms with Gasteiger partial charge < -0.3 is 4.90 Å². The van der Waals surface area contributed by atoms with E-state index in [1.54, 1.807) is 0 Å². The number of hydrogen-bond donors (Lipinski definition) is 1. The van der Waals surface area contributed by atoms with Crippen LogP contribution in [0, 0.1) is 0 Å². The van der Waals surface area contributed by atoms with Crippen LogP contribution in [0.3, 0.4) is 0 Å². The third-order valence-electron chi connectivity index (χ3n) is 2.14. The van der Waals surface area contributed by atoms with Crippen molar-refractivity contribution in [3.8, 4) is 0 Å². The Hall–Kier alpha value is -0.280. The Morgan fingerprint density at radius 1 is 1.46 bits per heavy atom. The second kappa shape index (κ2) is 3.84. The molecule has 0 amide bonds. The van der Waals surface area contributed by atoms with E-state index in [0.717, 1.165) is 6.54 Å². The molecule has 0 aromatic heterocycles. The maximum atomic E-state index is 4.56. The van der Waals surface area contributed by atoms with Gasteiger partial charge in [0.1, 0.15) is 4.71 Å². The normalized spacial score (nSPS) is 20.5. The van der Waals surface area contributed by atoms with E-state index in [1.165, 1.54) is 17.0 Å². The molecule has 0 aliphatic carbocycles. The van der Waals surface area contributed by atoms with E-state index in [9.17, 15) is 0 Å². The van der Waals surface area contributed by atoms with Crippen molar-refractivity contribution in [3.05, 3.63) is 24.3 Å². The molecule has 1 aliphatic rings. The van der Waals surface area contributed by atoms with E-state index in [2.05, 4.69) is 48.7 Å². The van der Waals surface area contributed by atoms with Gasteiger partial charge in [-0.05, 0) is 18.6 Å². The number of thioether (sulfide) groups is 1. The average Bonchev–Trinajstić information content (AvgIpc) is 2.44. The Kier molecular flexibility index (Phi) is 2.74. The Morgan fingerprint density at radius 3 is 3.00 bits per heavy atom. The molecular formula is C10H13NS2. The van der Waals surface area contributed by atoms with Gasteiger partial charge in [0.25, 0.3) is 0 Å². The third kappa shape index (κ3) is 1.67. The van der Waals surface area contributed by atoms with Crippen molar-refractivity contribution in [2.75, 3.05) is 11.4 Å². The molecule has 1 aromatic carbocycles. The van der Waals surface area contributed by atoms with Crippen LogP contribution in [0.25, 0.3) is 0 Å². The lowest BCUT2D eigenvalue weighted by molar-refractivity contribution is 0.827. The number of hydrogen-bond acceptors (Lipinski definition) is 3. The fraction of sp³-hybridized carbons (Fsp3) is 0.400. The van der Waals surface area contributed by atoms with Gasteiger partial charge in [-0.1, -0.05) is 30.8 Å². The zero-order valence-electron chi connectivity index (χ0n) is 7.60. The first-order valence-electron chi connectivity index (χ1n) is 4.53. The van der Waals surface area contributed by atoms with Crippen LogP contribution >= 0.6 is 24.4 Å². The van der Waals surface area contributed by atoms with Gasteiger partial charge in [-0.25, -0.2) is 0 Å². The topological polar surface area (TPSA) is 3.24 Å². The lowest BCUT2D eigenvalue weighted by Crippen LogP contribution is -2.25. The molecule has 3 heteroatoms. The van der Waals surface area contributed by atoms with E-state index < -0.39 is 0 Å². The third-order valence-corrected chi connectivity index (χ3v) is 3.80. The second-order valence-corrected chi connectivity index (χ2v) is 5.07.